The van der Waals surface area contributed by atoms with Crippen molar-refractivity contribution >= 4 is 34.8 Å². The van der Waals surface area contributed by atoms with Gasteiger partial charge < -0.3 is 4.74 Å². The van der Waals surface area contributed by atoms with E-state index >= 15 is 0 Å². The van der Waals surface area contributed by atoms with Gasteiger partial charge in [-0.1, -0.05) is 42.9 Å². The molecule has 0 saturated carbocycles. The van der Waals surface area contributed by atoms with Crippen molar-refractivity contribution in [2.45, 2.75) is 39.7 Å². The van der Waals surface area contributed by atoms with Gasteiger partial charge in [-0.25, -0.2) is 9.79 Å². The molecular weight excluding hydrogens is 394 g/mol. The van der Waals surface area contributed by atoms with E-state index in [0.29, 0.717) is 20.6 Å². The number of hydrogen-bond acceptors (Lipinski definition) is 7. The van der Waals surface area contributed by atoms with Crippen molar-refractivity contribution in [1.82, 2.24) is 4.57 Å². The Morgan fingerprint density at radius 1 is 1.41 bits per heavy atom. The fourth-order valence-electron chi connectivity index (χ4n) is 3.18. The Bertz CT molecular complexity index is 1180. The summed E-state index contributed by atoms with van der Waals surface area (Å²) in [5.74, 6) is -0.590. The minimum atomic E-state index is -0.786. The molecule has 9 heteroatoms. The Kier molecular flexibility index (Phi) is 6.07. The van der Waals surface area contributed by atoms with Crippen LogP contribution in [0.3, 0.4) is 0 Å². The molecule has 0 fully saturated rings. The van der Waals surface area contributed by atoms with Crippen LogP contribution in [0.1, 0.15) is 45.2 Å². The number of carbonyl (C=O) groups excluding carboxylic acids is 1. The van der Waals surface area contributed by atoms with Gasteiger partial charge in [0.1, 0.15) is 6.04 Å². The molecule has 0 radical (unpaired) electrons. The Labute approximate surface area is 170 Å². The van der Waals surface area contributed by atoms with Crippen LogP contribution < -0.4 is 14.9 Å². The third-order valence-corrected chi connectivity index (χ3v) is 5.59. The van der Waals surface area contributed by atoms with E-state index in [1.54, 1.807) is 26.0 Å². The number of aromatic nitrogens is 1. The van der Waals surface area contributed by atoms with E-state index < -0.39 is 16.9 Å². The highest BCUT2D eigenvalue weighted by Crippen LogP contribution is 2.33. The molecule has 1 aromatic carbocycles. The van der Waals surface area contributed by atoms with Crippen molar-refractivity contribution in [3.8, 4) is 0 Å². The summed E-state index contributed by atoms with van der Waals surface area (Å²) in [6.45, 7) is 5.55. The second kappa shape index (κ2) is 8.52. The summed E-state index contributed by atoms with van der Waals surface area (Å²) in [6, 6.07) is 5.22. The van der Waals surface area contributed by atoms with Crippen LogP contribution in [0.4, 0.5) is 5.69 Å². The van der Waals surface area contributed by atoms with Gasteiger partial charge in [-0.2, -0.15) is 0 Å². The lowest BCUT2D eigenvalue weighted by molar-refractivity contribution is -0.384. The van der Waals surface area contributed by atoms with Crippen LogP contribution in [-0.2, 0) is 9.53 Å². The van der Waals surface area contributed by atoms with E-state index in [0.717, 1.165) is 12.8 Å². The third kappa shape index (κ3) is 3.91. The number of esters is 1. The molecule has 1 aliphatic rings. The molecule has 0 saturated heterocycles. The van der Waals surface area contributed by atoms with Gasteiger partial charge in [0, 0.05) is 17.8 Å². The number of non-ortho nitro benzene ring substituents is 1. The van der Waals surface area contributed by atoms with E-state index in [1.165, 1.54) is 28.0 Å². The van der Waals surface area contributed by atoms with Gasteiger partial charge in [-0.15, -0.1) is 0 Å². The summed E-state index contributed by atoms with van der Waals surface area (Å²) in [4.78, 5) is 41.3. The topological polar surface area (TPSA) is 104 Å². The number of carbonyl (C=O) groups is 1. The Balaban J connectivity index is 2.28. The molecule has 0 N–H and O–H groups in total. The Morgan fingerprint density at radius 3 is 2.83 bits per heavy atom. The first-order valence-electron chi connectivity index (χ1n) is 9.31. The van der Waals surface area contributed by atoms with E-state index in [-0.39, 0.29) is 23.4 Å². The summed E-state index contributed by atoms with van der Waals surface area (Å²) in [5.41, 5.74) is 0.820. The van der Waals surface area contributed by atoms with E-state index in [4.69, 9.17) is 4.74 Å². The Hall–Kier alpha value is -3.07. The van der Waals surface area contributed by atoms with Crippen LogP contribution in [0.25, 0.3) is 11.8 Å². The highest BCUT2D eigenvalue weighted by molar-refractivity contribution is 7.07. The highest BCUT2D eigenvalue weighted by Gasteiger charge is 2.32. The average Bonchev–Trinajstić information content (AvgIpc) is 3.02. The number of ether oxygens (including phenoxy) is 1. The summed E-state index contributed by atoms with van der Waals surface area (Å²) < 4.78 is 7.18. The summed E-state index contributed by atoms with van der Waals surface area (Å²) in [7, 11) is 0. The minimum absolute atomic E-state index is 0.0929. The molecule has 8 nitrogen and oxygen atoms in total. The van der Waals surface area contributed by atoms with Crippen LogP contribution in [0.2, 0.25) is 0 Å². The van der Waals surface area contributed by atoms with Crippen molar-refractivity contribution in [3.05, 3.63) is 65.2 Å². The zero-order valence-electron chi connectivity index (χ0n) is 16.4. The van der Waals surface area contributed by atoms with Gasteiger partial charge in [-0.05, 0) is 25.8 Å². The lowest BCUT2D eigenvalue weighted by Gasteiger charge is -2.22. The molecule has 29 heavy (non-hydrogen) atoms. The fraction of sp³-hybridized carbons (Fsp3) is 0.350. The first-order chi connectivity index (χ1) is 13.9. The molecule has 0 unspecified atom stereocenters. The molecule has 2 heterocycles. The molecule has 3 rings (SSSR count). The standard InChI is InChI=1S/C20H21N3O5S/c1-4-6-10-15-18(24)22-12(3)16(19(25)28-5-2)17(21-20(22)29-15)13-8-7-9-14(11-13)23(26)27/h7-11,17H,4-6H2,1-3H3/b15-10-/t17-/m0/s1. The van der Waals surface area contributed by atoms with Gasteiger partial charge in [0.2, 0.25) is 0 Å². The first kappa shape index (κ1) is 20.7. The van der Waals surface area contributed by atoms with Crippen LogP contribution in [0.5, 0.6) is 0 Å². The molecule has 1 aromatic heterocycles. The molecule has 1 aliphatic heterocycles. The number of thiazole rings is 1. The number of hydrogen-bond donors (Lipinski definition) is 0. The monoisotopic (exact) mass is 415 g/mol. The molecule has 2 aromatic rings. The molecular formula is C20H21N3O5S. The maximum absolute atomic E-state index is 12.8. The number of nitro benzene ring substituents is 1. The molecule has 0 bridgehead atoms. The van der Waals surface area contributed by atoms with E-state index in [2.05, 4.69) is 4.99 Å². The predicted octanol–water partition coefficient (Wildman–Crippen LogP) is 2.57. The maximum Gasteiger partial charge on any atom is 0.338 e. The number of rotatable bonds is 6. The molecule has 1 atom stereocenters. The van der Waals surface area contributed by atoms with Crippen molar-refractivity contribution in [2.24, 2.45) is 4.99 Å². The number of nitro groups is 1. The van der Waals surface area contributed by atoms with Crippen molar-refractivity contribution in [2.75, 3.05) is 6.61 Å². The van der Waals surface area contributed by atoms with Crippen LogP contribution in [-0.4, -0.2) is 22.1 Å². The smallest absolute Gasteiger partial charge is 0.338 e. The molecule has 0 amide bonds. The Morgan fingerprint density at radius 2 is 2.17 bits per heavy atom. The van der Waals surface area contributed by atoms with Gasteiger partial charge in [0.25, 0.3) is 11.2 Å². The predicted molar refractivity (Wildman–Crippen MR) is 110 cm³/mol. The lowest BCUT2D eigenvalue weighted by atomic mass is 9.96. The number of nitrogens with zero attached hydrogens (tertiary/aromatic N) is 3. The second-order valence-corrected chi connectivity index (χ2v) is 7.49. The van der Waals surface area contributed by atoms with Crippen molar-refractivity contribution in [3.63, 3.8) is 0 Å². The van der Waals surface area contributed by atoms with Gasteiger partial charge in [0.15, 0.2) is 4.80 Å². The van der Waals surface area contributed by atoms with Crippen molar-refractivity contribution in [1.29, 1.82) is 0 Å². The minimum Gasteiger partial charge on any atom is -0.463 e. The van der Waals surface area contributed by atoms with Gasteiger partial charge in [-0.3, -0.25) is 19.5 Å². The third-order valence-electron chi connectivity index (χ3n) is 4.56. The molecule has 0 aliphatic carbocycles. The number of benzene rings is 1. The zero-order chi connectivity index (χ0) is 21.1. The fourth-order valence-corrected chi connectivity index (χ4v) is 4.23. The van der Waals surface area contributed by atoms with Gasteiger partial charge in [0.05, 0.1) is 21.6 Å². The summed E-state index contributed by atoms with van der Waals surface area (Å²) in [6.07, 6.45) is 3.54. The van der Waals surface area contributed by atoms with Gasteiger partial charge >= 0.3 is 5.97 Å². The number of fused-ring (bicyclic) bond motifs is 1. The summed E-state index contributed by atoms with van der Waals surface area (Å²) >= 11 is 1.25. The molecule has 152 valence electrons. The first-order valence-corrected chi connectivity index (χ1v) is 10.1. The average molecular weight is 415 g/mol. The number of unbranched alkanes of at least 4 members (excludes halogenated alkanes) is 1. The van der Waals surface area contributed by atoms with E-state index in [1.807, 2.05) is 13.0 Å². The number of allylic oxidation sites excluding steroid dienone is 1. The normalized spacial score (nSPS) is 16.4. The van der Waals surface area contributed by atoms with E-state index in [9.17, 15) is 19.7 Å². The lowest BCUT2D eigenvalue weighted by Crippen LogP contribution is -2.35. The quantitative estimate of drug-likeness (QED) is 0.410. The largest absolute Gasteiger partial charge is 0.463 e. The van der Waals surface area contributed by atoms with Crippen LogP contribution >= 0.6 is 11.3 Å². The molecule has 0 spiro atoms. The second-order valence-electron chi connectivity index (χ2n) is 6.49. The SMILES string of the molecule is CCC/C=c1\sc2n(c1=O)C(C)=C(C(=O)OCC)[C@H](c1cccc([N+](=O)[O-])c1)N=2. The van der Waals surface area contributed by atoms with Crippen LogP contribution in [0, 0.1) is 10.1 Å². The maximum atomic E-state index is 12.8. The highest BCUT2D eigenvalue weighted by atomic mass is 32.1. The summed E-state index contributed by atoms with van der Waals surface area (Å²) in [5, 5.41) is 11.2. The van der Waals surface area contributed by atoms with Crippen LogP contribution in [0.15, 0.2) is 39.6 Å². The van der Waals surface area contributed by atoms with Crippen molar-refractivity contribution < 1.29 is 14.5 Å². The zero-order valence-corrected chi connectivity index (χ0v) is 17.2.